The molecule has 1 aromatic carbocycles. The van der Waals surface area contributed by atoms with E-state index in [1.54, 1.807) is 12.1 Å². The van der Waals surface area contributed by atoms with E-state index in [2.05, 4.69) is 10.6 Å². The molecule has 0 aliphatic carbocycles. The van der Waals surface area contributed by atoms with E-state index in [0.717, 1.165) is 5.56 Å². The fourth-order valence-electron chi connectivity index (χ4n) is 1.55. The lowest BCUT2D eigenvalue weighted by Gasteiger charge is -2.14. The van der Waals surface area contributed by atoms with Gasteiger partial charge in [-0.3, -0.25) is 4.79 Å². The van der Waals surface area contributed by atoms with Gasteiger partial charge in [-0.15, -0.1) is 0 Å². The minimum atomic E-state index is -0.608. The van der Waals surface area contributed by atoms with Crippen LogP contribution in [0.4, 0.5) is 0 Å². The van der Waals surface area contributed by atoms with E-state index in [0.29, 0.717) is 30.4 Å². The first kappa shape index (κ1) is 16.8. The van der Waals surface area contributed by atoms with E-state index < -0.39 is 6.10 Å². The van der Waals surface area contributed by atoms with Crippen LogP contribution < -0.4 is 15.4 Å². The average Bonchev–Trinajstić information content (AvgIpc) is 2.39. The smallest absolute Gasteiger partial charge is 0.216 e. The summed E-state index contributed by atoms with van der Waals surface area (Å²) in [5.41, 5.74) is 0.937. The predicted octanol–water partition coefficient (Wildman–Crippen LogP) is 1.11. The highest BCUT2D eigenvalue weighted by Gasteiger charge is 2.05. The highest BCUT2D eigenvalue weighted by Crippen LogP contribution is 2.20. The molecular weight excluding hydrogens is 280 g/mol. The summed E-state index contributed by atoms with van der Waals surface area (Å²) in [6.45, 7) is 5.13. The normalized spacial score (nSPS) is 12.0. The standard InChI is InChI=1S/C14H21ClN2O3/c1-10-7-13(3-4-14(10)15)20-9-12(19)8-16-5-6-17-11(2)18/h3-4,7,12,16,19H,5-6,8-9H2,1-2H3,(H,17,18). The van der Waals surface area contributed by atoms with Crippen LogP contribution in [0.15, 0.2) is 18.2 Å². The second kappa shape index (κ2) is 8.79. The van der Waals surface area contributed by atoms with Crippen molar-refractivity contribution in [2.24, 2.45) is 0 Å². The van der Waals surface area contributed by atoms with E-state index in [4.69, 9.17) is 16.3 Å². The van der Waals surface area contributed by atoms with Gasteiger partial charge < -0.3 is 20.5 Å². The van der Waals surface area contributed by atoms with Gasteiger partial charge in [0.25, 0.3) is 0 Å². The summed E-state index contributed by atoms with van der Waals surface area (Å²) in [5.74, 6) is 0.623. The molecule has 0 aliphatic rings. The highest BCUT2D eigenvalue weighted by molar-refractivity contribution is 6.31. The van der Waals surface area contributed by atoms with Crippen molar-refractivity contribution in [3.05, 3.63) is 28.8 Å². The topological polar surface area (TPSA) is 70.6 Å². The van der Waals surface area contributed by atoms with Crippen LogP contribution in [-0.2, 0) is 4.79 Å². The van der Waals surface area contributed by atoms with Crippen molar-refractivity contribution < 1.29 is 14.6 Å². The van der Waals surface area contributed by atoms with Crippen molar-refractivity contribution >= 4 is 17.5 Å². The average molecular weight is 301 g/mol. The van der Waals surface area contributed by atoms with Gasteiger partial charge in [-0.1, -0.05) is 11.6 Å². The molecule has 0 aromatic heterocycles. The van der Waals surface area contributed by atoms with Gasteiger partial charge in [-0.05, 0) is 30.7 Å². The Kier molecular flexibility index (Phi) is 7.36. The van der Waals surface area contributed by atoms with E-state index in [1.165, 1.54) is 6.92 Å². The summed E-state index contributed by atoms with van der Waals surface area (Å²) in [6, 6.07) is 5.37. The lowest BCUT2D eigenvalue weighted by atomic mass is 10.2. The fraction of sp³-hybridized carbons (Fsp3) is 0.500. The number of ether oxygens (including phenoxy) is 1. The van der Waals surface area contributed by atoms with Gasteiger partial charge >= 0.3 is 0 Å². The molecule has 0 saturated carbocycles. The number of amides is 1. The molecule has 1 rings (SSSR count). The molecule has 1 aromatic rings. The third kappa shape index (κ3) is 6.75. The number of carbonyl (C=O) groups is 1. The van der Waals surface area contributed by atoms with Crippen molar-refractivity contribution in [3.63, 3.8) is 0 Å². The number of nitrogens with one attached hydrogen (secondary N) is 2. The Morgan fingerprint density at radius 2 is 2.20 bits per heavy atom. The van der Waals surface area contributed by atoms with Crippen molar-refractivity contribution in [1.29, 1.82) is 0 Å². The summed E-state index contributed by atoms with van der Waals surface area (Å²) in [4.78, 5) is 10.6. The Balaban J connectivity index is 2.17. The molecule has 0 aliphatic heterocycles. The SMILES string of the molecule is CC(=O)NCCNCC(O)COc1ccc(Cl)c(C)c1. The van der Waals surface area contributed by atoms with Crippen molar-refractivity contribution in [2.45, 2.75) is 20.0 Å². The Bertz CT molecular complexity index is 440. The van der Waals surface area contributed by atoms with Crippen LogP contribution in [-0.4, -0.2) is 43.4 Å². The van der Waals surface area contributed by atoms with Crippen molar-refractivity contribution in [1.82, 2.24) is 10.6 Å². The summed E-state index contributed by atoms with van der Waals surface area (Å²) < 4.78 is 5.48. The minimum Gasteiger partial charge on any atom is -0.491 e. The van der Waals surface area contributed by atoms with Crippen LogP contribution in [0.1, 0.15) is 12.5 Å². The van der Waals surface area contributed by atoms with E-state index in [9.17, 15) is 9.90 Å². The number of hydrogen-bond donors (Lipinski definition) is 3. The number of aryl methyl sites for hydroxylation is 1. The van der Waals surface area contributed by atoms with Gasteiger partial charge in [-0.2, -0.15) is 0 Å². The Morgan fingerprint density at radius 1 is 1.45 bits per heavy atom. The lowest BCUT2D eigenvalue weighted by Crippen LogP contribution is -2.36. The fourth-order valence-corrected chi connectivity index (χ4v) is 1.67. The second-order valence-corrected chi connectivity index (χ2v) is 4.97. The lowest BCUT2D eigenvalue weighted by molar-refractivity contribution is -0.118. The number of halogens is 1. The van der Waals surface area contributed by atoms with Crippen LogP contribution in [0.5, 0.6) is 5.75 Å². The Labute approximate surface area is 124 Å². The number of rotatable bonds is 8. The zero-order valence-corrected chi connectivity index (χ0v) is 12.5. The van der Waals surface area contributed by atoms with E-state index in [-0.39, 0.29) is 12.5 Å². The maximum atomic E-state index is 10.6. The number of carbonyl (C=O) groups excluding carboxylic acids is 1. The molecule has 20 heavy (non-hydrogen) atoms. The van der Waals surface area contributed by atoms with Crippen molar-refractivity contribution in [3.8, 4) is 5.75 Å². The Morgan fingerprint density at radius 3 is 2.85 bits per heavy atom. The maximum absolute atomic E-state index is 10.6. The van der Waals surface area contributed by atoms with E-state index >= 15 is 0 Å². The summed E-state index contributed by atoms with van der Waals surface area (Å²) in [7, 11) is 0. The number of benzene rings is 1. The second-order valence-electron chi connectivity index (χ2n) is 4.56. The molecule has 1 amide bonds. The minimum absolute atomic E-state index is 0.0613. The molecule has 1 atom stereocenters. The van der Waals surface area contributed by atoms with Crippen LogP contribution in [0.25, 0.3) is 0 Å². The molecular formula is C14H21ClN2O3. The van der Waals surface area contributed by atoms with Gasteiger partial charge in [-0.25, -0.2) is 0 Å². The third-order valence-electron chi connectivity index (χ3n) is 2.63. The molecule has 0 radical (unpaired) electrons. The molecule has 112 valence electrons. The van der Waals surface area contributed by atoms with Gasteiger partial charge in [0.15, 0.2) is 0 Å². The molecule has 0 saturated heterocycles. The quantitative estimate of drug-likeness (QED) is 0.629. The van der Waals surface area contributed by atoms with Crippen LogP contribution in [0.2, 0.25) is 5.02 Å². The number of aliphatic hydroxyl groups is 1. The zero-order valence-electron chi connectivity index (χ0n) is 11.8. The number of hydrogen-bond acceptors (Lipinski definition) is 4. The van der Waals surface area contributed by atoms with Gasteiger partial charge in [0.2, 0.25) is 5.91 Å². The molecule has 1 unspecified atom stereocenters. The summed E-state index contributed by atoms with van der Waals surface area (Å²) in [5, 5.41) is 16.1. The first-order chi connectivity index (χ1) is 9.49. The first-order valence-electron chi connectivity index (χ1n) is 6.51. The maximum Gasteiger partial charge on any atom is 0.216 e. The van der Waals surface area contributed by atoms with Crippen LogP contribution >= 0.6 is 11.6 Å². The van der Waals surface area contributed by atoms with Gasteiger partial charge in [0, 0.05) is 31.6 Å². The molecule has 0 heterocycles. The summed E-state index contributed by atoms with van der Waals surface area (Å²) >= 11 is 5.92. The largest absolute Gasteiger partial charge is 0.491 e. The van der Waals surface area contributed by atoms with Crippen molar-refractivity contribution in [2.75, 3.05) is 26.2 Å². The molecule has 0 fully saturated rings. The third-order valence-corrected chi connectivity index (χ3v) is 3.05. The molecule has 5 nitrogen and oxygen atoms in total. The molecule has 3 N–H and O–H groups in total. The highest BCUT2D eigenvalue weighted by atomic mass is 35.5. The van der Waals surface area contributed by atoms with Crippen LogP contribution in [0, 0.1) is 6.92 Å². The van der Waals surface area contributed by atoms with Crippen LogP contribution in [0.3, 0.4) is 0 Å². The number of aliphatic hydroxyl groups excluding tert-OH is 1. The van der Waals surface area contributed by atoms with E-state index in [1.807, 2.05) is 13.0 Å². The zero-order chi connectivity index (χ0) is 15.0. The molecule has 0 bridgehead atoms. The summed E-state index contributed by atoms with van der Waals surface area (Å²) in [6.07, 6.45) is -0.608. The van der Waals surface area contributed by atoms with Gasteiger partial charge in [0.1, 0.15) is 18.5 Å². The predicted molar refractivity (Wildman–Crippen MR) is 79.2 cm³/mol. The Hall–Kier alpha value is -1.30. The monoisotopic (exact) mass is 300 g/mol. The molecule has 0 spiro atoms. The molecule has 6 heteroatoms. The van der Waals surface area contributed by atoms with Gasteiger partial charge in [0.05, 0.1) is 0 Å². The first-order valence-corrected chi connectivity index (χ1v) is 6.89.